The molecule has 2 amide bonds. The van der Waals surface area contributed by atoms with Crippen LogP contribution in [0.25, 0.3) is 33.5 Å². The number of fused-ring (bicyclic) bond motifs is 2. The van der Waals surface area contributed by atoms with Gasteiger partial charge in [-0.15, -0.1) is 0 Å². The summed E-state index contributed by atoms with van der Waals surface area (Å²) in [5, 5.41) is 26.3. The third kappa shape index (κ3) is 4.15. The van der Waals surface area contributed by atoms with Crippen molar-refractivity contribution in [3.05, 3.63) is 35.6 Å². The molecule has 12 nitrogen and oxygen atoms in total. The number of rotatable bonds is 5. The molecule has 1 atom stereocenters. The van der Waals surface area contributed by atoms with Gasteiger partial charge in [-0.05, 0) is 25.1 Å². The van der Waals surface area contributed by atoms with Crippen LogP contribution in [0.1, 0.15) is 6.92 Å². The molecule has 0 aliphatic carbocycles. The number of halogens is 1. The maximum atomic E-state index is 12.5. The Morgan fingerprint density at radius 2 is 2.17 bits per heavy atom. The van der Waals surface area contributed by atoms with E-state index in [1.165, 1.54) is 22.0 Å². The summed E-state index contributed by atoms with van der Waals surface area (Å²) < 4.78 is 6.93. The van der Waals surface area contributed by atoms with Crippen LogP contribution in [0, 0.1) is 28.6 Å². The Kier molecular flexibility index (Phi) is 5.88. The summed E-state index contributed by atoms with van der Waals surface area (Å²) in [6.45, 7) is 2.27. The zero-order valence-corrected chi connectivity index (χ0v) is 19.7. The van der Waals surface area contributed by atoms with Gasteiger partial charge in [-0.25, -0.2) is 19.4 Å². The molecule has 2 N–H and O–H groups in total. The van der Waals surface area contributed by atoms with E-state index in [-0.39, 0.29) is 29.6 Å². The summed E-state index contributed by atoms with van der Waals surface area (Å²) in [6.07, 6.45) is 2.14. The third-order valence-corrected chi connectivity index (χ3v) is 6.04. The van der Waals surface area contributed by atoms with Crippen molar-refractivity contribution in [1.29, 1.82) is 10.5 Å². The Hall–Kier alpha value is -4.68. The van der Waals surface area contributed by atoms with Crippen molar-refractivity contribution in [1.82, 2.24) is 34.9 Å². The fourth-order valence-corrected chi connectivity index (χ4v) is 4.13. The first-order valence-electron chi connectivity index (χ1n) is 10.9. The highest BCUT2D eigenvalue weighted by Gasteiger charge is 2.33. The van der Waals surface area contributed by atoms with Gasteiger partial charge in [0.15, 0.2) is 16.9 Å². The van der Waals surface area contributed by atoms with E-state index in [9.17, 15) is 9.59 Å². The fourth-order valence-electron chi connectivity index (χ4n) is 3.97. The van der Waals surface area contributed by atoms with Crippen LogP contribution in [0.3, 0.4) is 0 Å². The molecule has 180 valence electrons. The van der Waals surface area contributed by atoms with Gasteiger partial charge < -0.3 is 19.9 Å². The van der Waals surface area contributed by atoms with Gasteiger partial charge in [0.05, 0.1) is 29.8 Å². The number of aromatic amines is 1. The van der Waals surface area contributed by atoms with Crippen LogP contribution in [0.5, 0.6) is 5.75 Å². The summed E-state index contributed by atoms with van der Waals surface area (Å²) in [6, 6.07) is 8.57. The van der Waals surface area contributed by atoms with Gasteiger partial charge in [0.2, 0.25) is 5.91 Å². The zero-order valence-electron chi connectivity index (χ0n) is 18.9. The fraction of sp³-hybridized carbons (Fsp3) is 0.261. The van der Waals surface area contributed by atoms with Crippen LogP contribution in [0.2, 0.25) is 5.02 Å². The van der Waals surface area contributed by atoms with Gasteiger partial charge in [-0.3, -0.25) is 4.79 Å². The first-order chi connectivity index (χ1) is 17.4. The van der Waals surface area contributed by atoms with E-state index >= 15 is 0 Å². The van der Waals surface area contributed by atoms with E-state index in [1.807, 2.05) is 0 Å². The lowest BCUT2D eigenvalue weighted by atomic mass is 10.0. The number of benzene rings is 1. The van der Waals surface area contributed by atoms with Crippen molar-refractivity contribution in [2.75, 3.05) is 13.1 Å². The van der Waals surface area contributed by atoms with Gasteiger partial charge in [-0.1, -0.05) is 11.6 Å². The topological polar surface area (TPSA) is 166 Å². The largest absolute Gasteiger partial charge is 0.413 e. The van der Waals surface area contributed by atoms with E-state index in [1.54, 1.807) is 25.1 Å². The maximum Gasteiger partial charge on any atom is 0.413 e. The molecule has 1 aliphatic rings. The molecule has 0 spiro atoms. The molecule has 1 fully saturated rings. The van der Waals surface area contributed by atoms with E-state index in [0.717, 1.165) is 5.39 Å². The molecule has 0 saturated carbocycles. The summed E-state index contributed by atoms with van der Waals surface area (Å²) in [5.41, 5.74) is 2.25. The molecular formula is C23H18ClN9O3. The minimum atomic E-state index is -0.834. The van der Waals surface area contributed by atoms with Crippen LogP contribution in [0.15, 0.2) is 30.6 Å². The first-order valence-corrected chi connectivity index (χ1v) is 11.3. The number of carbonyl (C=O) groups excluding carboxylic acids is 2. The molecule has 1 aliphatic heterocycles. The van der Waals surface area contributed by atoms with Gasteiger partial charge in [0.25, 0.3) is 0 Å². The average Bonchev–Trinajstić information content (AvgIpc) is 3.39. The highest BCUT2D eigenvalue weighted by atomic mass is 35.5. The third-order valence-electron chi connectivity index (χ3n) is 5.81. The van der Waals surface area contributed by atoms with E-state index in [4.69, 9.17) is 26.9 Å². The monoisotopic (exact) mass is 503 g/mol. The van der Waals surface area contributed by atoms with Crippen LogP contribution in [0.4, 0.5) is 4.79 Å². The number of H-pyrrole nitrogens is 1. The lowest BCUT2D eigenvalue weighted by Gasteiger charge is -2.36. The molecule has 1 aromatic carbocycles. The van der Waals surface area contributed by atoms with Crippen LogP contribution < -0.4 is 10.1 Å². The summed E-state index contributed by atoms with van der Waals surface area (Å²) in [5.74, 6) is -0.347. The van der Waals surface area contributed by atoms with Crippen molar-refractivity contribution in [2.45, 2.75) is 19.5 Å². The minimum Gasteiger partial charge on any atom is -0.406 e. The molecule has 3 aromatic heterocycles. The molecule has 1 saturated heterocycles. The Morgan fingerprint density at radius 1 is 1.36 bits per heavy atom. The Labute approximate surface area is 209 Å². The van der Waals surface area contributed by atoms with Crippen molar-refractivity contribution < 1.29 is 14.3 Å². The Morgan fingerprint density at radius 3 is 2.92 bits per heavy atom. The highest BCUT2D eigenvalue weighted by molar-refractivity contribution is 6.31. The molecule has 0 radical (unpaired) electrons. The smallest absolute Gasteiger partial charge is 0.406 e. The molecule has 0 bridgehead atoms. The molecule has 13 heteroatoms. The van der Waals surface area contributed by atoms with Gasteiger partial charge in [-0.2, -0.15) is 15.6 Å². The van der Waals surface area contributed by atoms with Crippen molar-refractivity contribution >= 4 is 45.7 Å². The highest BCUT2D eigenvalue weighted by Crippen LogP contribution is 2.31. The number of ether oxygens (including phenoxy) is 1. The first kappa shape index (κ1) is 23.1. The Bertz CT molecular complexity index is 1590. The zero-order chi connectivity index (χ0) is 25.4. The van der Waals surface area contributed by atoms with Crippen molar-refractivity contribution in [2.24, 2.45) is 5.92 Å². The molecule has 36 heavy (non-hydrogen) atoms. The van der Waals surface area contributed by atoms with Gasteiger partial charge in [0.1, 0.15) is 24.0 Å². The number of hydrogen-bond donors (Lipinski definition) is 2. The standard InChI is InChI=1S/C23H18ClN9O3/c1-12(22(34)32-10-13(7-26)11-32)29-23(35)36-18-9-28-21-20(18)30-16(8-27-21)19-15-3-2-14(24)6-17(15)33(31-19)5-4-25/h2-3,6,8-9,12-13H,5,10-11H2,1H3,(H,27,28)(H,29,35)/t12-/m1/s1. The molecule has 4 aromatic rings. The lowest BCUT2D eigenvalue weighted by Crippen LogP contribution is -2.56. The number of nitrogens with one attached hydrogen (secondary N) is 2. The number of amides is 2. The number of hydrogen-bond acceptors (Lipinski definition) is 8. The van der Waals surface area contributed by atoms with Gasteiger partial charge >= 0.3 is 6.09 Å². The molecule has 0 unspecified atom stereocenters. The minimum absolute atomic E-state index is 0.0245. The molecule has 4 heterocycles. The second-order valence-corrected chi connectivity index (χ2v) is 8.69. The van der Waals surface area contributed by atoms with Gasteiger partial charge in [0, 0.05) is 29.7 Å². The second kappa shape index (κ2) is 9.17. The summed E-state index contributed by atoms with van der Waals surface area (Å²) in [4.78, 5) is 38.2. The quantitative estimate of drug-likeness (QED) is 0.419. The van der Waals surface area contributed by atoms with Crippen LogP contribution in [-0.4, -0.2) is 60.8 Å². The normalized spacial score (nSPS) is 14.2. The Balaban J connectivity index is 1.38. The maximum absolute atomic E-state index is 12.5. The van der Waals surface area contributed by atoms with Crippen LogP contribution >= 0.6 is 11.6 Å². The van der Waals surface area contributed by atoms with Crippen LogP contribution in [-0.2, 0) is 11.3 Å². The second-order valence-electron chi connectivity index (χ2n) is 8.26. The van der Waals surface area contributed by atoms with Crippen molar-refractivity contribution in [3.8, 4) is 29.3 Å². The number of likely N-dealkylation sites (tertiary alicyclic amines) is 1. The van der Waals surface area contributed by atoms with E-state index < -0.39 is 12.1 Å². The predicted octanol–water partition coefficient (Wildman–Crippen LogP) is 2.61. The summed E-state index contributed by atoms with van der Waals surface area (Å²) in [7, 11) is 0. The SMILES string of the molecule is C[C@@H](NC(=O)Oc1c[nH]c2ncc(-c3nn(CC#N)c4cc(Cl)ccc34)nc12)C(=O)N1CC(C#N)C1. The molecule has 5 rings (SSSR count). The van der Waals surface area contributed by atoms with Crippen molar-refractivity contribution in [3.63, 3.8) is 0 Å². The number of aromatic nitrogens is 5. The number of nitrogens with zero attached hydrogens (tertiary/aromatic N) is 7. The molecular weight excluding hydrogens is 486 g/mol. The average molecular weight is 504 g/mol. The van der Waals surface area contributed by atoms with E-state index in [2.05, 4.69) is 37.5 Å². The summed E-state index contributed by atoms with van der Waals surface area (Å²) >= 11 is 6.13. The number of carbonyl (C=O) groups is 2. The van der Waals surface area contributed by atoms with E-state index in [0.29, 0.717) is 40.7 Å². The number of nitriles is 2. The lowest BCUT2D eigenvalue weighted by molar-refractivity contribution is -0.137. The predicted molar refractivity (Wildman–Crippen MR) is 128 cm³/mol.